The van der Waals surface area contributed by atoms with E-state index in [1.807, 2.05) is 30.3 Å². The van der Waals surface area contributed by atoms with E-state index in [-0.39, 0.29) is 0 Å². The number of aryl methyl sites for hydroxylation is 1. The lowest BCUT2D eigenvalue weighted by molar-refractivity contribution is 0.0693. The monoisotopic (exact) mass is 272 g/mol. The van der Waals surface area contributed by atoms with Crippen LogP contribution in [0.4, 0.5) is 0 Å². The summed E-state index contributed by atoms with van der Waals surface area (Å²) in [5, 5.41) is 9.09. The third-order valence-electron chi connectivity index (χ3n) is 2.83. The molecule has 1 N–H and O–H groups in total. The minimum absolute atomic E-state index is 0.396. The minimum atomic E-state index is -0.855. The first kappa shape index (κ1) is 13.7. The molecule has 2 aromatic carbocycles. The number of hydrogen-bond donors (Lipinski definition) is 1. The third-order valence-corrected chi connectivity index (χ3v) is 3.99. The van der Waals surface area contributed by atoms with Crippen molar-refractivity contribution in [3.05, 3.63) is 65.7 Å². The topological polar surface area (TPSA) is 37.3 Å². The predicted molar refractivity (Wildman–Crippen MR) is 78.9 cm³/mol. The Labute approximate surface area is 117 Å². The fourth-order valence-corrected chi connectivity index (χ4v) is 2.87. The lowest BCUT2D eigenvalue weighted by Gasteiger charge is -2.05. The molecule has 0 aliphatic rings. The molecule has 0 fully saturated rings. The molecule has 19 heavy (non-hydrogen) atoms. The second kappa shape index (κ2) is 7.00. The van der Waals surface area contributed by atoms with E-state index in [1.165, 1.54) is 5.56 Å². The van der Waals surface area contributed by atoms with Gasteiger partial charge in [-0.25, -0.2) is 4.79 Å². The van der Waals surface area contributed by atoms with Crippen LogP contribution in [0.2, 0.25) is 0 Å². The second-order valence-electron chi connectivity index (χ2n) is 4.24. The first-order chi connectivity index (χ1) is 9.27. The van der Waals surface area contributed by atoms with Gasteiger partial charge in [-0.3, -0.25) is 0 Å². The summed E-state index contributed by atoms with van der Waals surface area (Å²) in [5.41, 5.74) is 1.72. The molecule has 2 rings (SSSR count). The van der Waals surface area contributed by atoms with Crippen molar-refractivity contribution in [3.63, 3.8) is 0 Å². The first-order valence-electron chi connectivity index (χ1n) is 6.26. The quantitative estimate of drug-likeness (QED) is 0.635. The second-order valence-corrected chi connectivity index (χ2v) is 5.38. The molecule has 98 valence electrons. The smallest absolute Gasteiger partial charge is 0.336 e. The highest BCUT2D eigenvalue weighted by molar-refractivity contribution is 7.99. The summed E-state index contributed by atoms with van der Waals surface area (Å²) in [6.45, 7) is 0. The maximum atomic E-state index is 11.1. The average Bonchev–Trinajstić information content (AvgIpc) is 2.45. The molecule has 0 bridgehead atoms. The maximum Gasteiger partial charge on any atom is 0.336 e. The fraction of sp³-hybridized carbons (Fsp3) is 0.188. The molecule has 0 aromatic heterocycles. The van der Waals surface area contributed by atoms with Crippen LogP contribution in [-0.2, 0) is 6.42 Å². The fourth-order valence-electron chi connectivity index (χ4n) is 1.87. The number of hydrogen-bond acceptors (Lipinski definition) is 2. The molecule has 0 saturated heterocycles. The Morgan fingerprint density at radius 2 is 1.68 bits per heavy atom. The maximum absolute atomic E-state index is 11.1. The van der Waals surface area contributed by atoms with Crippen molar-refractivity contribution >= 4 is 17.7 Å². The molecule has 0 amide bonds. The first-order valence-corrected chi connectivity index (χ1v) is 7.25. The predicted octanol–water partition coefficient (Wildman–Crippen LogP) is 4.11. The van der Waals surface area contributed by atoms with Crippen LogP contribution in [0, 0.1) is 0 Å². The summed E-state index contributed by atoms with van der Waals surface area (Å²) >= 11 is 1.61. The molecule has 2 aromatic rings. The van der Waals surface area contributed by atoms with Gasteiger partial charge >= 0.3 is 5.97 Å². The van der Waals surface area contributed by atoms with Crippen molar-refractivity contribution in [2.75, 3.05) is 5.75 Å². The molecule has 0 aliphatic carbocycles. The van der Waals surface area contributed by atoms with E-state index < -0.39 is 5.97 Å². The summed E-state index contributed by atoms with van der Waals surface area (Å²) in [4.78, 5) is 11.9. The Morgan fingerprint density at radius 1 is 1.00 bits per heavy atom. The van der Waals surface area contributed by atoms with Crippen molar-refractivity contribution in [2.45, 2.75) is 17.7 Å². The number of rotatable bonds is 6. The van der Waals surface area contributed by atoms with E-state index in [1.54, 1.807) is 23.9 Å². The molecule has 0 unspecified atom stereocenters. The lowest BCUT2D eigenvalue weighted by atomic mass is 10.1. The molecule has 0 saturated carbocycles. The highest BCUT2D eigenvalue weighted by atomic mass is 32.2. The Morgan fingerprint density at radius 3 is 2.42 bits per heavy atom. The van der Waals surface area contributed by atoms with Gasteiger partial charge in [0.05, 0.1) is 5.56 Å². The molecular formula is C16H16O2S. The zero-order valence-electron chi connectivity index (χ0n) is 10.6. The van der Waals surface area contributed by atoms with Crippen LogP contribution in [0.3, 0.4) is 0 Å². The molecule has 0 atom stereocenters. The van der Waals surface area contributed by atoms with Crippen molar-refractivity contribution in [2.24, 2.45) is 0 Å². The van der Waals surface area contributed by atoms with E-state index in [0.29, 0.717) is 5.56 Å². The van der Waals surface area contributed by atoms with Crippen molar-refractivity contribution < 1.29 is 9.90 Å². The number of carbonyl (C=O) groups is 1. The Kier molecular flexibility index (Phi) is 5.04. The van der Waals surface area contributed by atoms with Gasteiger partial charge in [0.2, 0.25) is 0 Å². The Balaban J connectivity index is 1.85. The Hall–Kier alpha value is -1.74. The largest absolute Gasteiger partial charge is 0.478 e. The Bertz CT molecular complexity index is 537. The van der Waals surface area contributed by atoms with Crippen LogP contribution in [0.1, 0.15) is 22.3 Å². The summed E-state index contributed by atoms with van der Waals surface area (Å²) in [5.74, 6) is 0.0743. The van der Waals surface area contributed by atoms with Gasteiger partial charge < -0.3 is 5.11 Å². The zero-order chi connectivity index (χ0) is 13.5. The molecule has 0 heterocycles. The van der Waals surface area contributed by atoms with Gasteiger partial charge in [-0.2, -0.15) is 0 Å². The normalized spacial score (nSPS) is 10.3. The van der Waals surface area contributed by atoms with E-state index in [9.17, 15) is 4.79 Å². The van der Waals surface area contributed by atoms with Gasteiger partial charge in [-0.05, 0) is 36.3 Å². The molecule has 0 spiro atoms. The van der Waals surface area contributed by atoms with Gasteiger partial charge in [0.15, 0.2) is 0 Å². The van der Waals surface area contributed by atoms with Crippen LogP contribution < -0.4 is 0 Å². The highest BCUT2D eigenvalue weighted by Gasteiger charge is 2.08. The van der Waals surface area contributed by atoms with Crippen LogP contribution >= 0.6 is 11.8 Å². The number of thioether (sulfide) groups is 1. The molecule has 0 aliphatic heterocycles. The third kappa shape index (κ3) is 4.14. The van der Waals surface area contributed by atoms with Gasteiger partial charge in [0, 0.05) is 4.90 Å². The number of carboxylic acid groups (broad SMARTS) is 1. The van der Waals surface area contributed by atoms with Gasteiger partial charge in [-0.1, -0.05) is 42.5 Å². The van der Waals surface area contributed by atoms with Crippen molar-refractivity contribution in [3.8, 4) is 0 Å². The molecular weight excluding hydrogens is 256 g/mol. The van der Waals surface area contributed by atoms with Crippen molar-refractivity contribution in [1.82, 2.24) is 0 Å². The lowest BCUT2D eigenvalue weighted by Crippen LogP contribution is -1.98. The zero-order valence-corrected chi connectivity index (χ0v) is 11.4. The highest BCUT2D eigenvalue weighted by Crippen LogP contribution is 2.23. The van der Waals surface area contributed by atoms with E-state index >= 15 is 0 Å². The van der Waals surface area contributed by atoms with Crippen LogP contribution in [0.15, 0.2) is 59.5 Å². The molecule has 3 heteroatoms. The standard InChI is InChI=1S/C16H16O2S/c17-16(18)14-10-4-5-11-15(14)19-12-6-9-13-7-2-1-3-8-13/h1-5,7-8,10-11H,6,9,12H2,(H,17,18). The number of carboxylic acids is 1. The van der Waals surface area contributed by atoms with E-state index in [0.717, 1.165) is 23.5 Å². The minimum Gasteiger partial charge on any atom is -0.478 e. The molecule has 2 nitrogen and oxygen atoms in total. The summed E-state index contributed by atoms with van der Waals surface area (Å²) in [6.07, 6.45) is 2.08. The average molecular weight is 272 g/mol. The number of aromatic carboxylic acids is 1. The van der Waals surface area contributed by atoms with Crippen LogP contribution in [0.5, 0.6) is 0 Å². The number of benzene rings is 2. The van der Waals surface area contributed by atoms with Crippen LogP contribution in [0.25, 0.3) is 0 Å². The summed E-state index contributed by atoms with van der Waals surface area (Å²) in [7, 11) is 0. The summed E-state index contributed by atoms with van der Waals surface area (Å²) in [6, 6.07) is 17.5. The van der Waals surface area contributed by atoms with Gasteiger partial charge in [0.1, 0.15) is 0 Å². The van der Waals surface area contributed by atoms with Gasteiger partial charge in [0.25, 0.3) is 0 Å². The SMILES string of the molecule is O=C(O)c1ccccc1SCCCc1ccccc1. The van der Waals surface area contributed by atoms with Gasteiger partial charge in [-0.15, -0.1) is 11.8 Å². The van der Waals surface area contributed by atoms with E-state index in [4.69, 9.17) is 5.11 Å². The van der Waals surface area contributed by atoms with Crippen molar-refractivity contribution in [1.29, 1.82) is 0 Å². The van der Waals surface area contributed by atoms with Crippen LogP contribution in [-0.4, -0.2) is 16.8 Å². The van der Waals surface area contributed by atoms with E-state index in [2.05, 4.69) is 12.1 Å². The summed E-state index contributed by atoms with van der Waals surface area (Å²) < 4.78 is 0. The molecule has 0 radical (unpaired) electrons.